The van der Waals surface area contributed by atoms with Crippen LogP contribution in [0.1, 0.15) is 32.6 Å². The first-order valence-electron chi connectivity index (χ1n) is 7.31. The van der Waals surface area contributed by atoms with E-state index in [9.17, 15) is 8.42 Å². The molecule has 20 heavy (non-hydrogen) atoms. The molecule has 3 nitrogen and oxygen atoms in total. The lowest BCUT2D eigenvalue weighted by molar-refractivity contribution is 0.595. The van der Waals surface area contributed by atoms with E-state index < -0.39 is 9.84 Å². The van der Waals surface area contributed by atoms with Crippen molar-refractivity contribution in [2.45, 2.75) is 42.8 Å². The summed E-state index contributed by atoms with van der Waals surface area (Å²) in [6.45, 7) is 2.75. The number of hydrogen-bond acceptors (Lipinski definition) is 4. The Labute approximate surface area is 126 Å². The van der Waals surface area contributed by atoms with Gasteiger partial charge in [-0.05, 0) is 37.1 Å². The van der Waals surface area contributed by atoms with Crippen molar-refractivity contribution in [3.05, 3.63) is 24.3 Å². The first-order chi connectivity index (χ1) is 9.63. The van der Waals surface area contributed by atoms with E-state index in [2.05, 4.69) is 5.32 Å². The van der Waals surface area contributed by atoms with Crippen molar-refractivity contribution in [1.29, 1.82) is 0 Å². The maximum Gasteiger partial charge on any atom is 0.180 e. The number of rotatable bonds is 6. The summed E-state index contributed by atoms with van der Waals surface area (Å²) in [5.41, 5.74) is 0.757. The molecular formula is C15H23NO2S2. The van der Waals surface area contributed by atoms with E-state index in [1.165, 1.54) is 25.0 Å². The Morgan fingerprint density at radius 1 is 1.30 bits per heavy atom. The quantitative estimate of drug-likeness (QED) is 0.872. The van der Waals surface area contributed by atoms with E-state index in [0.29, 0.717) is 16.6 Å². The third-order valence-electron chi connectivity index (χ3n) is 3.49. The monoisotopic (exact) mass is 313 g/mol. The largest absolute Gasteiger partial charge is 0.383 e. The Morgan fingerprint density at radius 2 is 2.10 bits per heavy atom. The minimum atomic E-state index is -3.16. The van der Waals surface area contributed by atoms with E-state index in [0.717, 1.165) is 12.2 Å². The van der Waals surface area contributed by atoms with Crippen LogP contribution in [0.25, 0.3) is 0 Å². The van der Waals surface area contributed by atoms with Crippen molar-refractivity contribution in [3.8, 4) is 0 Å². The smallest absolute Gasteiger partial charge is 0.180 e. The van der Waals surface area contributed by atoms with Crippen molar-refractivity contribution in [2.24, 2.45) is 0 Å². The minimum absolute atomic E-state index is 0.212. The van der Waals surface area contributed by atoms with Gasteiger partial charge in [0.1, 0.15) is 0 Å². The fourth-order valence-corrected chi connectivity index (χ4v) is 5.21. The lowest BCUT2D eigenvalue weighted by Gasteiger charge is -2.22. The fourth-order valence-electron chi connectivity index (χ4n) is 2.45. The summed E-state index contributed by atoms with van der Waals surface area (Å²) in [4.78, 5) is 0.447. The Bertz CT molecular complexity index is 522. The third-order valence-corrected chi connectivity index (χ3v) is 6.86. The van der Waals surface area contributed by atoms with Crippen molar-refractivity contribution in [2.75, 3.05) is 23.4 Å². The molecule has 112 valence electrons. The second kappa shape index (κ2) is 7.36. The Kier molecular flexibility index (Phi) is 5.78. The van der Waals surface area contributed by atoms with Crippen molar-refractivity contribution < 1.29 is 8.42 Å². The minimum Gasteiger partial charge on any atom is -0.383 e. The molecule has 1 saturated heterocycles. The molecule has 1 aliphatic heterocycles. The number of para-hydroxylation sites is 1. The fraction of sp³-hybridized carbons (Fsp3) is 0.600. The summed E-state index contributed by atoms with van der Waals surface area (Å²) >= 11 is 1.99. The molecule has 0 radical (unpaired) electrons. The van der Waals surface area contributed by atoms with Gasteiger partial charge in [0, 0.05) is 11.8 Å². The maximum atomic E-state index is 12.3. The lowest BCUT2D eigenvalue weighted by Crippen LogP contribution is -2.21. The Morgan fingerprint density at radius 3 is 2.80 bits per heavy atom. The molecule has 0 spiro atoms. The summed E-state index contributed by atoms with van der Waals surface area (Å²) in [5, 5.41) is 3.95. The molecule has 0 aliphatic carbocycles. The highest BCUT2D eigenvalue weighted by Gasteiger charge is 2.19. The van der Waals surface area contributed by atoms with Gasteiger partial charge in [-0.1, -0.05) is 25.5 Å². The average molecular weight is 313 g/mol. The predicted octanol–water partition coefficient (Wildman–Crippen LogP) is 3.57. The van der Waals surface area contributed by atoms with Gasteiger partial charge >= 0.3 is 0 Å². The normalized spacial score (nSPS) is 19.8. The van der Waals surface area contributed by atoms with Crippen LogP contribution in [0, 0.1) is 0 Å². The second-order valence-electron chi connectivity index (χ2n) is 5.18. The number of nitrogens with one attached hydrogen (secondary N) is 1. The average Bonchev–Trinajstić information content (AvgIpc) is 2.46. The van der Waals surface area contributed by atoms with Gasteiger partial charge in [-0.2, -0.15) is 11.8 Å². The van der Waals surface area contributed by atoms with Crippen LogP contribution in [0.15, 0.2) is 29.2 Å². The van der Waals surface area contributed by atoms with E-state index in [1.807, 2.05) is 30.8 Å². The van der Waals surface area contributed by atoms with Crippen LogP contribution < -0.4 is 5.32 Å². The van der Waals surface area contributed by atoms with Crippen LogP contribution in [0.3, 0.4) is 0 Å². The van der Waals surface area contributed by atoms with Crippen LogP contribution in [0.4, 0.5) is 5.69 Å². The van der Waals surface area contributed by atoms with E-state index in [1.54, 1.807) is 12.1 Å². The summed E-state index contributed by atoms with van der Waals surface area (Å²) < 4.78 is 24.5. The third kappa shape index (κ3) is 4.16. The van der Waals surface area contributed by atoms with Gasteiger partial charge in [-0.25, -0.2) is 8.42 Å². The molecule has 0 saturated carbocycles. The number of hydrogen-bond donors (Lipinski definition) is 1. The van der Waals surface area contributed by atoms with E-state index in [4.69, 9.17) is 0 Å². The van der Waals surface area contributed by atoms with Gasteiger partial charge in [0.2, 0.25) is 0 Å². The summed E-state index contributed by atoms with van der Waals surface area (Å²) in [7, 11) is -3.16. The Balaban J connectivity index is 2.07. The topological polar surface area (TPSA) is 46.2 Å². The molecule has 1 fully saturated rings. The predicted molar refractivity (Wildman–Crippen MR) is 87.4 cm³/mol. The molecule has 0 aromatic heterocycles. The molecule has 2 rings (SSSR count). The molecule has 1 aromatic rings. The zero-order valence-electron chi connectivity index (χ0n) is 12.0. The highest BCUT2D eigenvalue weighted by Crippen LogP contribution is 2.27. The number of benzene rings is 1. The van der Waals surface area contributed by atoms with Crippen molar-refractivity contribution in [1.82, 2.24) is 0 Å². The molecule has 0 amide bonds. The number of thioether (sulfide) groups is 1. The number of sulfone groups is 1. The van der Waals surface area contributed by atoms with Crippen molar-refractivity contribution >= 4 is 27.3 Å². The van der Waals surface area contributed by atoms with E-state index in [-0.39, 0.29) is 5.75 Å². The van der Waals surface area contributed by atoms with Gasteiger partial charge in [0.05, 0.1) is 16.3 Å². The van der Waals surface area contributed by atoms with Gasteiger partial charge in [-0.3, -0.25) is 0 Å². The van der Waals surface area contributed by atoms with Crippen molar-refractivity contribution in [3.63, 3.8) is 0 Å². The second-order valence-corrected chi connectivity index (χ2v) is 8.67. The summed E-state index contributed by atoms with van der Waals surface area (Å²) in [6, 6.07) is 7.27. The zero-order chi connectivity index (χ0) is 14.4. The van der Waals surface area contributed by atoms with Crippen LogP contribution in [-0.2, 0) is 9.84 Å². The molecule has 1 unspecified atom stereocenters. The molecule has 1 atom stereocenters. The standard InChI is InChI=1S/C15H23NO2S2/c1-2-11-20(17,18)15-9-4-3-8-14(15)16-12-13-7-5-6-10-19-13/h3-4,8-9,13,16H,2,5-7,10-12H2,1H3. The van der Waals surface area contributed by atoms with Crippen LogP contribution in [0.2, 0.25) is 0 Å². The molecule has 1 N–H and O–H groups in total. The van der Waals surface area contributed by atoms with Gasteiger partial charge in [0.25, 0.3) is 0 Å². The molecule has 5 heteroatoms. The van der Waals surface area contributed by atoms with Gasteiger partial charge < -0.3 is 5.32 Å². The molecule has 0 bridgehead atoms. The number of anilines is 1. The highest BCUT2D eigenvalue weighted by molar-refractivity contribution is 8.00. The highest BCUT2D eigenvalue weighted by atomic mass is 32.2. The first kappa shape index (κ1) is 15.7. The molecular weight excluding hydrogens is 290 g/mol. The van der Waals surface area contributed by atoms with Crippen LogP contribution in [0.5, 0.6) is 0 Å². The Hall–Kier alpha value is -0.680. The maximum absolute atomic E-state index is 12.3. The molecule has 1 aromatic carbocycles. The van der Waals surface area contributed by atoms with Crippen LogP contribution >= 0.6 is 11.8 Å². The van der Waals surface area contributed by atoms with Gasteiger partial charge in [-0.15, -0.1) is 0 Å². The molecule has 1 aliphatic rings. The van der Waals surface area contributed by atoms with E-state index >= 15 is 0 Å². The molecule has 1 heterocycles. The van der Waals surface area contributed by atoms with Gasteiger partial charge in [0.15, 0.2) is 9.84 Å². The summed E-state index contributed by atoms with van der Waals surface area (Å²) in [6.07, 6.45) is 4.47. The first-order valence-corrected chi connectivity index (χ1v) is 10.0. The van der Waals surface area contributed by atoms with Crippen LogP contribution in [-0.4, -0.2) is 31.7 Å². The SMILES string of the molecule is CCCS(=O)(=O)c1ccccc1NCC1CCCCS1. The lowest BCUT2D eigenvalue weighted by atomic mass is 10.2. The zero-order valence-corrected chi connectivity index (χ0v) is 13.6. The summed E-state index contributed by atoms with van der Waals surface area (Å²) in [5.74, 6) is 1.44.